The minimum Gasteiger partial charge on any atom is -0.477 e. The van der Waals surface area contributed by atoms with E-state index >= 15 is 0 Å². The second-order valence-corrected chi connectivity index (χ2v) is 4.60. The first-order valence-corrected chi connectivity index (χ1v) is 6.62. The number of aromatic carboxylic acids is 1. The number of aromatic amines is 1. The van der Waals surface area contributed by atoms with E-state index < -0.39 is 11.5 Å². The van der Waals surface area contributed by atoms with Crippen molar-refractivity contribution in [2.45, 2.75) is 26.2 Å². The summed E-state index contributed by atoms with van der Waals surface area (Å²) >= 11 is 0. The number of pyridine rings is 1. The molecular weight excluding hydrogens is 246 g/mol. The van der Waals surface area contributed by atoms with E-state index in [0.29, 0.717) is 12.2 Å². The molecule has 0 amide bonds. The number of rotatable bonds is 4. The lowest BCUT2D eigenvalue weighted by Crippen LogP contribution is -2.47. The minimum atomic E-state index is -1.19. The number of anilines is 1. The molecule has 1 aliphatic rings. The van der Waals surface area contributed by atoms with E-state index in [1.165, 1.54) is 12.6 Å². The summed E-state index contributed by atoms with van der Waals surface area (Å²) in [4.78, 5) is 25.4. The van der Waals surface area contributed by atoms with E-state index in [2.05, 4.69) is 9.99 Å². The van der Waals surface area contributed by atoms with Crippen LogP contribution in [0.25, 0.3) is 0 Å². The lowest BCUT2D eigenvalue weighted by molar-refractivity contribution is 0.0694. The van der Waals surface area contributed by atoms with Crippen LogP contribution in [0.2, 0.25) is 0 Å². The van der Waals surface area contributed by atoms with Crippen LogP contribution in [0.1, 0.15) is 36.5 Å². The molecule has 0 aliphatic carbocycles. The van der Waals surface area contributed by atoms with Gasteiger partial charge in [0.2, 0.25) is 0 Å². The number of carboxylic acid groups (broad SMARTS) is 1. The number of carbonyl (C=O) groups is 1. The molecule has 1 saturated heterocycles. The summed E-state index contributed by atoms with van der Waals surface area (Å²) in [6.45, 7) is 4.41. The highest BCUT2D eigenvalue weighted by Crippen LogP contribution is 2.21. The monoisotopic (exact) mass is 265 g/mol. The van der Waals surface area contributed by atoms with E-state index in [0.717, 1.165) is 25.9 Å². The van der Waals surface area contributed by atoms with Gasteiger partial charge < -0.3 is 15.1 Å². The molecule has 0 atom stereocenters. The van der Waals surface area contributed by atoms with E-state index in [1.54, 1.807) is 6.07 Å². The van der Waals surface area contributed by atoms with Gasteiger partial charge in [-0.1, -0.05) is 6.42 Å². The molecule has 0 bridgehead atoms. The average molecular weight is 265 g/mol. The van der Waals surface area contributed by atoms with Crippen LogP contribution in [-0.2, 0) is 0 Å². The predicted molar refractivity (Wildman–Crippen MR) is 72.5 cm³/mol. The van der Waals surface area contributed by atoms with Crippen molar-refractivity contribution in [3.05, 3.63) is 28.2 Å². The molecule has 0 unspecified atom stereocenters. The molecule has 104 valence electrons. The molecule has 6 nitrogen and oxygen atoms in total. The maximum Gasteiger partial charge on any atom is 0.343 e. The number of hydrogen-bond donors (Lipinski definition) is 2. The largest absolute Gasteiger partial charge is 0.477 e. The standard InChI is InChI=1S/C13H19N3O3/c1-2-16(15-8-4-3-5-9-15)10-6-7-14-12(17)11(10)13(18)19/h6-7H,2-5,8-9H2,1H3,(H,14,17)(H,18,19). The van der Waals surface area contributed by atoms with Crippen LogP contribution in [0.3, 0.4) is 0 Å². The van der Waals surface area contributed by atoms with Crippen LogP contribution in [0.4, 0.5) is 5.69 Å². The zero-order chi connectivity index (χ0) is 13.8. The van der Waals surface area contributed by atoms with Gasteiger partial charge in [-0.15, -0.1) is 0 Å². The Balaban J connectivity index is 2.40. The topological polar surface area (TPSA) is 76.6 Å². The number of carboxylic acids is 1. The smallest absolute Gasteiger partial charge is 0.343 e. The Morgan fingerprint density at radius 3 is 2.68 bits per heavy atom. The van der Waals surface area contributed by atoms with Gasteiger partial charge in [0.05, 0.1) is 5.69 Å². The highest BCUT2D eigenvalue weighted by atomic mass is 16.4. The number of H-pyrrole nitrogens is 1. The van der Waals surface area contributed by atoms with Crippen LogP contribution in [0.15, 0.2) is 17.1 Å². The van der Waals surface area contributed by atoms with Crippen molar-refractivity contribution in [1.29, 1.82) is 0 Å². The third-order valence-electron chi connectivity index (χ3n) is 3.40. The van der Waals surface area contributed by atoms with Gasteiger partial charge in [0.25, 0.3) is 5.56 Å². The van der Waals surface area contributed by atoms with Crippen molar-refractivity contribution in [1.82, 2.24) is 9.99 Å². The third-order valence-corrected chi connectivity index (χ3v) is 3.40. The summed E-state index contributed by atoms with van der Waals surface area (Å²) in [7, 11) is 0. The van der Waals surface area contributed by atoms with E-state index in [4.69, 9.17) is 0 Å². The van der Waals surface area contributed by atoms with Crippen molar-refractivity contribution in [3.63, 3.8) is 0 Å². The number of nitrogens with zero attached hydrogens (tertiary/aromatic N) is 2. The first kappa shape index (κ1) is 13.6. The van der Waals surface area contributed by atoms with Crippen LogP contribution in [-0.4, -0.2) is 40.7 Å². The SMILES string of the molecule is CCN(c1cc[nH]c(=O)c1C(=O)O)N1CCCCC1. The summed E-state index contributed by atoms with van der Waals surface area (Å²) in [5, 5.41) is 13.3. The lowest BCUT2D eigenvalue weighted by atomic mass is 10.1. The molecule has 1 fully saturated rings. The van der Waals surface area contributed by atoms with Crippen molar-refractivity contribution in [2.75, 3.05) is 24.6 Å². The quantitative estimate of drug-likeness (QED) is 0.858. The molecule has 1 aromatic rings. The molecule has 1 aliphatic heterocycles. The molecule has 2 N–H and O–H groups in total. The zero-order valence-corrected chi connectivity index (χ0v) is 11.1. The fourth-order valence-corrected chi connectivity index (χ4v) is 2.53. The number of piperidine rings is 1. The average Bonchev–Trinajstić information content (AvgIpc) is 2.40. The first-order chi connectivity index (χ1) is 9.15. The van der Waals surface area contributed by atoms with Gasteiger partial charge in [0.15, 0.2) is 0 Å². The number of hydrazine groups is 1. The Morgan fingerprint density at radius 1 is 1.42 bits per heavy atom. The normalized spacial score (nSPS) is 16.3. The van der Waals surface area contributed by atoms with E-state index in [-0.39, 0.29) is 5.56 Å². The first-order valence-electron chi connectivity index (χ1n) is 6.62. The molecular formula is C13H19N3O3. The fraction of sp³-hybridized carbons (Fsp3) is 0.538. The van der Waals surface area contributed by atoms with Crippen molar-refractivity contribution >= 4 is 11.7 Å². The number of aromatic nitrogens is 1. The van der Waals surface area contributed by atoms with Crippen LogP contribution in [0.5, 0.6) is 0 Å². The Bertz CT molecular complexity index is 506. The number of nitrogens with one attached hydrogen (secondary N) is 1. The lowest BCUT2D eigenvalue weighted by Gasteiger charge is -2.38. The minimum absolute atomic E-state index is 0.185. The van der Waals surface area contributed by atoms with Gasteiger partial charge in [-0.3, -0.25) is 4.79 Å². The van der Waals surface area contributed by atoms with Crippen molar-refractivity contribution in [2.24, 2.45) is 0 Å². The molecule has 19 heavy (non-hydrogen) atoms. The van der Waals surface area contributed by atoms with Gasteiger partial charge in [-0.2, -0.15) is 0 Å². The molecule has 1 aromatic heterocycles. The zero-order valence-electron chi connectivity index (χ0n) is 11.1. The van der Waals surface area contributed by atoms with Crippen molar-refractivity contribution < 1.29 is 9.90 Å². The van der Waals surface area contributed by atoms with Crippen LogP contribution < -0.4 is 10.6 Å². The van der Waals surface area contributed by atoms with Gasteiger partial charge in [0.1, 0.15) is 5.56 Å². The van der Waals surface area contributed by atoms with Gasteiger partial charge in [-0.05, 0) is 25.8 Å². The van der Waals surface area contributed by atoms with E-state index in [9.17, 15) is 14.7 Å². The maximum atomic E-state index is 11.7. The van der Waals surface area contributed by atoms with Gasteiger partial charge in [0, 0.05) is 25.8 Å². The summed E-state index contributed by atoms with van der Waals surface area (Å²) in [5.74, 6) is -1.19. The van der Waals surface area contributed by atoms with Crippen LogP contribution in [0, 0.1) is 0 Å². The van der Waals surface area contributed by atoms with Gasteiger partial charge in [-0.25, -0.2) is 9.80 Å². The maximum absolute atomic E-state index is 11.7. The molecule has 2 heterocycles. The highest BCUT2D eigenvalue weighted by Gasteiger charge is 2.23. The number of hydrogen-bond acceptors (Lipinski definition) is 4. The molecule has 0 spiro atoms. The second-order valence-electron chi connectivity index (χ2n) is 4.60. The Labute approximate surface area is 111 Å². The second kappa shape index (κ2) is 5.88. The molecule has 0 saturated carbocycles. The molecule has 0 radical (unpaired) electrons. The molecule has 0 aromatic carbocycles. The summed E-state index contributed by atoms with van der Waals surface area (Å²) in [6.07, 6.45) is 4.90. The molecule has 2 rings (SSSR count). The summed E-state index contributed by atoms with van der Waals surface area (Å²) in [5.41, 5.74) is -0.268. The summed E-state index contributed by atoms with van der Waals surface area (Å²) < 4.78 is 0. The summed E-state index contributed by atoms with van der Waals surface area (Å²) in [6, 6.07) is 1.66. The van der Waals surface area contributed by atoms with Crippen molar-refractivity contribution in [3.8, 4) is 0 Å². The highest BCUT2D eigenvalue weighted by molar-refractivity contribution is 5.93. The van der Waals surface area contributed by atoms with Crippen LogP contribution >= 0.6 is 0 Å². The third kappa shape index (κ3) is 2.78. The fourth-order valence-electron chi connectivity index (χ4n) is 2.53. The Hall–Kier alpha value is -1.82. The molecule has 6 heteroatoms. The predicted octanol–water partition coefficient (Wildman–Crippen LogP) is 1.30. The Kier molecular flexibility index (Phi) is 4.21. The Morgan fingerprint density at radius 2 is 2.11 bits per heavy atom. The van der Waals surface area contributed by atoms with Gasteiger partial charge >= 0.3 is 5.97 Å². The van der Waals surface area contributed by atoms with E-state index in [1.807, 2.05) is 11.9 Å².